The van der Waals surface area contributed by atoms with Gasteiger partial charge in [-0.1, -0.05) is 44.2 Å². The van der Waals surface area contributed by atoms with Crippen LogP contribution in [0.2, 0.25) is 0 Å². The molecule has 0 saturated carbocycles. The molecule has 152 valence electrons. The Morgan fingerprint density at radius 1 is 1.26 bits per heavy atom. The van der Waals surface area contributed by atoms with Crippen LogP contribution in [0.1, 0.15) is 32.8 Å². The first-order valence-electron chi connectivity index (χ1n) is 10.5. The van der Waals surface area contributed by atoms with Crippen molar-refractivity contribution in [2.24, 2.45) is 10.9 Å². The van der Waals surface area contributed by atoms with Crippen LogP contribution in [0.3, 0.4) is 0 Å². The van der Waals surface area contributed by atoms with Gasteiger partial charge in [-0.05, 0) is 45.0 Å². The van der Waals surface area contributed by atoms with Crippen molar-refractivity contribution in [2.45, 2.75) is 39.8 Å². The van der Waals surface area contributed by atoms with Gasteiger partial charge in [-0.3, -0.25) is 9.89 Å². The van der Waals surface area contributed by atoms with E-state index < -0.39 is 0 Å². The molecule has 1 aliphatic rings. The lowest BCUT2D eigenvalue weighted by atomic mass is 10.1. The second kappa shape index (κ2) is 11.3. The lowest BCUT2D eigenvalue weighted by Crippen LogP contribution is -2.46. The van der Waals surface area contributed by atoms with Crippen LogP contribution in [0.5, 0.6) is 0 Å². The molecule has 0 aliphatic carbocycles. The highest BCUT2D eigenvalue weighted by atomic mass is 15.3. The van der Waals surface area contributed by atoms with E-state index >= 15 is 0 Å². The van der Waals surface area contributed by atoms with Gasteiger partial charge in [0, 0.05) is 45.8 Å². The number of benzene rings is 1. The first-order valence-corrected chi connectivity index (χ1v) is 10.5. The number of likely N-dealkylation sites (tertiary alicyclic amines) is 1. The molecule has 1 aromatic carbocycles. The monoisotopic (exact) mass is 373 g/mol. The van der Waals surface area contributed by atoms with E-state index in [0.29, 0.717) is 6.04 Å². The van der Waals surface area contributed by atoms with Gasteiger partial charge in [0.2, 0.25) is 0 Å². The molecule has 5 nitrogen and oxygen atoms in total. The fourth-order valence-electron chi connectivity index (χ4n) is 3.78. The van der Waals surface area contributed by atoms with Crippen LogP contribution in [0.15, 0.2) is 35.3 Å². The highest BCUT2D eigenvalue weighted by molar-refractivity contribution is 5.80. The average molecular weight is 374 g/mol. The van der Waals surface area contributed by atoms with E-state index in [2.05, 4.69) is 83.2 Å². The van der Waals surface area contributed by atoms with Gasteiger partial charge < -0.3 is 15.1 Å². The number of likely N-dealkylation sites (N-methyl/N-ethyl adjacent to an activating group) is 1. The zero-order valence-corrected chi connectivity index (χ0v) is 18.0. The Hall–Kier alpha value is -1.59. The van der Waals surface area contributed by atoms with Gasteiger partial charge in [0.05, 0.1) is 0 Å². The van der Waals surface area contributed by atoms with Crippen molar-refractivity contribution >= 4 is 5.96 Å². The predicted molar refractivity (Wildman–Crippen MR) is 116 cm³/mol. The van der Waals surface area contributed by atoms with E-state index in [1.807, 2.05) is 7.05 Å². The minimum Gasteiger partial charge on any atom is -0.355 e. The van der Waals surface area contributed by atoms with Crippen molar-refractivity contribution < 1.29 is 0 Å². The molecule has 5 heteroatoms. The van der Waals surface area contributed by atoms with Gasteiger partial charge in [0.25, 0.3) is 0 Å². The number of guanidine groups is 1. The summed E-state index contributed by atoms with van der Waals surface area (Å²) in [6, 6.07) is 11.1. The quantitative estimate of drug-likeness (QED) is 0.533. The summed E-state index contributed by atoms with van der Waals surface area (Å²) >= 11 is 0. The summed E-state index contributed by atoms with van der Waals surface area (Å²) < 4.78 is 0. The molecule has 1 heterocycles. The molecule has 2 rings (SSSR count). The summed E-state index contributed by atoms with van der Waals surface area (Å²) in [6.07, 6.45) is 1.26. The predicted octanol–water partition coefficient (Wildman–Crippen LogP) is 2.75. The first kappa shape index (κ1) is 21.7. The zero-order valence-electron chi connectivity index (χ0n) is 18.0. The van der Waals surface area contributed by atoms with Crippen LogP contribution in [0, 0.1) is 5.92 Å². The number of rotatable bonds is 9. The summed E-state index contributed by atoms with van der Waals surface area (Å²) in [7, 11) is 4.09. The molecule has 2 unspecified atom stereocenters. The van der Waals surface area contributed by atoms with E-state index in [4.69, 9.17) is 0 Å². The summed E-state index contributed by atoms with van der Waals surface area (Å²) in [5, 5.41) is 3.60. The maximum absolute atomic E-state index is 4.54. The first-order chi connectivity index (χ1) is 13.1. The molecule has 1 N–H and O–H groups in total. The Kier molecular flexibility index (Phi) is 9.08. The average Bonchev–Trinajstić information content (AvgIpc) is 3.15. The van der Waals surface area contributed by atoms with Crippen LogP contribution in [0.25, 0.3) is 0 Å². The smallest absolute Gasteiger partial charge is 0.193 e. The molecular weight excluding hydrogens is 334 g/mol. The molecule has 2 atom stereocenters. The molecule has 0 amide bonds. The van der Waals surface area contributed by atoms with E-state index in [9.17, 15) is 0 Å². The highest BCUT2D eigenvalue weighted by Gasteiger charge is 2.26. The van der Waals surface area contributed by atoms with Crippen molar-refractivity contribution in [3.63, 3.8) is 0 Å². The second-order valence-corrected chi connectivity index (χ2v) is 7.76. The number of nitrogens with one attached hydrogen (secondary N) is 1. The van der Waals surface area contributed by atoms with Gasteiger partial charge >= 0.3 is 0 Å². The molecule has 1 aromatic rings. The second-order valence-electron chi connectivity index (χ2n) is 7.76. The topological polar surface area (TPSA) is 34.1 Å². The fraction of sp³-hybridized carbons (Fsp3) is 0.682. The molecule has 0 bridgehead atoms. The molecule has 27 heavy (non-hydrogen) atoms. The molecule has 0 radical (unpaired) electrons. The van der Waals surface area contributed by atoms with Crippen molar-refractivity contribution in [2.75, 3.05) is 53.4 Å². The van der Waals surface area contributed by atoms with Crippen molar-refractivity contribution in [3.05, 3.63) is 35.9 Å². The molecule has 1 aliphatic heterocycles. The Labute approximate surface area is 166 Å². The minimum absolute atomic E-state index is 0.441. The number of hydrogen-bond acceptors (Lipinski definition) is 3. The number of aliphatic imine (C=N–C) groups is 1. The summed E-state index contributed by atoms with van der Waals surface area (Å²) in [4.78, 5) is 11.9. The summed E-state index contributed by atoms with van der Waals surface area (Å²) in [5.41, 5.74) is 1.36. The Morgan fingerprint density at radius 3 is 2.59 bits per heavy atom. The van der Waals surface area contributed by atoms with Crippen molar-refractivity contribution in [3.8, 4) is 0 Å². The minimum atomic E-state index is 0.441. The van der Waals surface area contributed by atoms with E-state index in [1.165, 1.54) is 18.5 Å². The molecule has 0 spiro atoms. The van der Waals surface area contributed by atoms with Gasteiger partial charge in [-0.25, -0.2) is 0 Å². The number of nitrogens with zero attached hydrogens (tertiary/aromatic N) is 4. The maximum Gasteiger partial charge on any atom is 0.193 e. The normalized spacial score (nSPS) is 19.1. The van der Waals surface area contributed by atoms with Crippen LogP contribution in [-0.2, 0) is 6.54 Å². The lowest BCUT2D eigenvalue weighted by Gasteiger charge is -2.28. The van der Waals surface area contributed by atoms with Crippen molar-refractivity contribution in [1.29, 1.82) is 0 Å². The van der Waals surface area contributed by atoms with Crippen LogP contribution >= 0.6 is 0 Å². The van der Waals surface area contributed by atoms with E-state index in [0.717, 1.165) is 51.1 Å². The van der Waals surface area contributed by atoms with Crippen molar-refractivity contribution in [1.82, 2.24) is 20.0 Å². The summed E-state index contributed by atoms with van der Waals surface area (Å²) in [5.74, 6) is 1.80. The van der Waals surface area contributed by atoms with E-state index in [1.54, 1.807) is 0 Å². The van der Waals surface area contributed by atoms with E-state index in [-0.39, 0.29) is 0 Å². The molecule has 1 fully saturated rings. The van der Waals surface area contributed by atoms with Crippen LogP contribution < -0.4 is 5.32 Å². The third kappa shape index (κ3) is 6.82. The summed E-state index contributed by atoms with van der Waals surface area (Å²) in [6.45, 7) is 14.4. The third-order valence-electron chi connectivity index (χ3n) is 5.79. The Morgan fingerprint density at radius 2 is 1.96 bits per heavy atom. The Bertz CT molecular complexity index is 555. The Balaban J connectivity index is 1.78. The van der Waals surface area contributed by atoms with Gasteiger partial charge in [0.1, 0.15) is 0 Å². The zero-order chi connectivity index (χ0) is 19.6. The van der Waals surface area contributed by atoms with Gasteiger partial charge in [-0.2, -0.15) is 0 Å². The molecule has 1 saturated heterocycles. The number of hydrogen-bond donors (Lipinski definition) is 1. The SMILES string of the molecule is CCN(CC)CC1CCN(C(=NC)NCC(C)N(C)Cc2ccccc2)C1. The van der Waals surface area contributed by atoms with Crippen LogP contribution in [0.4, 0.5) is 0 Å². The third-order valence-corrected chi connectivity index (χ3v) is 5.79. The largest absolute Gasteiger partial charge is 0.355 e. The van der Waals surface area contributed by atoms with Gasteiger partial charge in [-0.15, -0.1) is 0 Å². The van der Waals surface area contributed by atoms with Gasteiger partial charge in [0.15, 0.2) is 5.96 Å². The lowest BCUT2D eigenvalue weighted by molar-refractivity contribution is 0.246. The molecule has 0 aromatic heterocycles. The van der Waals surface area contributed by atoms with Crippen LogP contribution in [-0.4, -0.2) is 80.1 Å². The standard InChI is InChI=1S/C22H39N5/c1-6-26(7-2)17-21-13-14-27(18-21)22(23-4)24-15-19(3)25(5)16-20-11-9-8-10-12-20/h8-12,19,21H,6-7,13-18H2,1-5H3,(H,23,24). The fourth-order valence-corrected chi connectivity index (χ4v) is 3.78. The maximum atomic E-state index is 4.54. The highest BCUT2D eigenvalue weighted by Crippen LogP contribution is 2.17. The molecular formula is C22H39N5.